The SMILES string of the molecule is CC[C@H](C)NC(=O)c1ccc(Nc2cc(-c3ccc(C)cc3)ncn2)cc1. The van der Waals surface area contributed by atoms with Crippen molar-refractivity contribution in [2.24, 2.45) is 0 Å². The van der Waals surface area contributed by atoms with Gasteiger partial charge in [0.15, 0.2) is 0 Å². The van der Waals surface area contributed by atoms with Crippen LogP contribution in [0, 0.1) is 6.92 Å². The van der Waals surface area contributed by atoms with Crippen LogP contribution in [0.4, 0.5) is 11.5 Å². The summed E-state index contributed by atoms with van der Waals surface area (Å²) in [6.07, 6.45) is 2.45. The summed E-state index contributed by atoms with van der Waals surface area (Å²) in [5, 5.41) is 6.23. The van der Waals surface area contributed by atoms with E-state index >= 15 is 0 Å². The first-order chi connectivity index (χ1) is 13.0. The Morgan fingerprint density at radius 2 is 1.74 bits per heavy atom. The van der Waals surface area contributed by atoms with Crippen molar-refractivity contribution in [1.82, 2.24) is 15.3 Å². The third-order valence-corrected chi connectivity index (χ3v) is 4.42. The van der Waals surface area contributed by atoms with Crippen molar-refractivity contribution in [2.75, 3.05) is 5.32 Å². The van der Waals surface area contributed by atoms with E-state index in [1.807, 2.05) is 56.3 Å². The van der Waals surface area contributed by atoms with E-state index < -0.39 is 0 Å². The lowest BCUT2D eigenvalue weighted by Gasteiger charge is -2.12. The van der Waals surface area contributed by atoms with Crippen LogP contribution in [0.3, 0.4) is 0 Å². The normalized spacial score (nSPS) is 11.7. The van der Waals surface area contributed by atoms with E-state index in [1.54, 1.807) is 6.33 Å². The first kappa shape index (κ1) is 18.6. The Bertz CT molecular complexity index is 904. The van der Waals surface area contributed by atoms with Crippen LogP contribution in [0.25, 0.3) is 11.3 Å². The molecule has 2 aromatic carbocycles. The minimum Gasteiger partial charge on any atom is -0.350 e. The Labute approximate surface area is 159 Å². The van der Waals surface area contributed by atoms with Gasteiger partial charge in [-0.1, -0.05) is 36.8 Å². The van der Waals surface area contributed by atoms with Gasteiger partial charge in [0.1, 0.15) is 12.1 Å². The van der Waals surface area contributed by atoms with Gasteiger partial charge in [0, 0.05) is 28.9 Å². The highest BCUT2D eigenvalue weighted by Crippen LogP contribution is 2.21. The molecule has 1 heterocycles. The lowest BCUT2D eigenvalue weighted by atomic mass is 10.1. The number of amides is 1. The second-order valence-electron chi connectivity index (χ2n) is 6.64. The predicted octanol–water partition coefficient (Wildman–Crippen LogP) is 4.72. The van der Waals surface area contributed by atoms with Gasteiger partial charge < -0.3 is 10.6 Å². The zero-order valence-corrected chi connectivity index (χ0v) is 15.9. The average Bonchev–Trinajstić information content (AvgIpc) is 2.69. The van der Waals surface area contributed by atoms with Crippen molar-refractivity contribution < 1.29 is 4.79 Å². The van der Waals surface area contributed by atoms with E-state index in [-0.39, 0.29) is 11.9 Å². The summed E-state index contributed by atoms with van der Waals surface area (Å²) in [5.74, 6) is 0.650. The topological polar surface area (TPSA) is 66.9 Å². The second kappa shape index (κ2) is 8.45. The highest BCUT2D eigenvalue weighted by Gasteiger charge is 2.08. The summed E-state index contributed by atoms with van der Waals surface area (Å²) >= 11 is 0. The molecular formula is C22H24N4O. The van der Waals surface area contributed by atoms with Crippen LogP contribution < -0.4 is 10.6 Å². The fourth-order valence-electron chi connectivity index (χ4n) is 2.57. The zero-order valence-electron chi connectivity index (χ0n) is 15.9. The number of carbonyl (C=O) groups excluding carboxylic acids is 1. The molecule has 5 heteroatoms. The Morgan fingerprint density at radius 1 is 1.04 bits per heavy atom. The highest BCUT2D eigenvalue weighted by molar-refractivity contribution is 5.94. The van der Waals surface area contributed by atoms with Gasteiger partial charge in [0.2, 0.25) is 0 Å². The largest absolute Gasteiger partial charge is 0.350 e. The third-order valence-electron chi connectivity index (χ3n) is 4.42. The summed E-state index contributed by atoms with van der Waals surface area (Å²) in [4.78, 5) is 20.8. The molecule has 0 aliphatic carbocycles. The lowest BCUT2D eigenvalue weighted by Crippen LogP contribution is -2.31. The molecule has 0 radical (unpaired) electrons. The molecule has 27 heavy (non-hydrogen) atoms. The van der Waals surface area contributed by atoms with Gasteiger partial charge in [-0.2, -0.15) is 0 Å². The molecule has 3 aromatic rings. The van der Waals surface area contributed by atoms with Crippen molar-refractivity contribution in [3.8, 4) is 11.3 Å². The molecule has 2 N–H and O–H groups in total. The zero-order chi connectivity index (χ0) is 19.2. The molecule has 0 fully saturated rings. The number of nitrogens with one attached hydrogen (secondary N) is 2. The molecule has 0 aliphatic rings. The van der Waals surface area contributed by atoms with E-state index in [4.69, 9.17) is 0 Å². The van der Waals surface area contributed by atoms with E-state index in [0.29, 0.717) is 11.4 Å². The van der Waals surface area contributed by atoms with Gasteiger partial charge in [-0.3, -0.25) is 4.79 Å². The number of anilines is 2. The number of aryl methyl sites for hydroxylation is 1. The molecule has 0 saturated carbocycles. The van der Waals surface area contributed by atoms with Crippen molar-refractivity contribution in [2.45, 2.75) is 33.2 Å². The molecule has 138 valence electrons. The number of hydrogen-bond donors (Lipinski definition) is 2. The van der Waals surface area contributed by atoms with Crippen LogP contribution in [0.2, 0.25) is 0 Å². The quantitative estimate of drug-likeness (QED) is 0.667. The maximum atomic E-state index is 12.2. The Hall–Kier alpha value is -3.21. The van der Waals surface area contributed by atoms with Gasteiger partial charge in [-0.25, -0.2) is 9.97 Å². The minimum atomic E-state index is -0.0559. The molecule has 1 aromatic heterocycles. The van der Waals surface area contributed by atoms with E-state index in [2.05, 4.69) is 39.7 Å². The third kappa shape index (κ3) is 4.91. The maximum absolute atomic E-state index is 12.2. The first-order valence-electron chi connectivity index (χ1n) is 9.12. The first-order valence-corrected chi connectivity index (χ1v) is 9.12. The molecule has 1 amide bonds. The van der Waals surface area contributed by atoms with E-state index in [1.165, 1.54) is 5.56 Å². The summed E-state index contributed by atoms with van der Waals surface area (Å²) in [7, 11) is 0. The molecule has 0 aliphatic heterocycles. The Morgan fingerprint density at radius 3 is 2.41 bits per heavy atom. The summed E-state index contributed by atoms with van der Waals surface area (Å²) < 4.78 is 0. The van der Waals surface area contributed by atoms with Gasteiger partial charge in [0.25, 0.3) is 5.91 Å². The smallest absolute Gasteiger partial charge is 0.251 e. The standard InChI is InChI=1S/C22H24N4O/c1-4-16(3)25-22(27)18-9-11-19(12-10-18)26-21-13-20(23-14-24-21)17-7-5-15(2)6-8-17/h5-14,16H,4H2,1-3H3,(H,25,27)(H,23,24,26)/t16-/m0/s1. The molecule has 3 rings (SSSR count). The second-order valence-corrected chi connectivity index (χ2v) is 6.64. The van der Waals surface area contributed by atoms with Gasteiger partial charge in [-0.15, -0.1) is 0 Å². The Balaban J connectivity index is 1.71. The molecular weight excluding hydrogens is 336 g/mol. The minimum absolute atomic E-state index is 0.0559. The van der Waals surface area contributed by atoms with E-state index in [0.717, 1.165) is 23.4 Å². The van der Waals surface area contributed by atoms with Crippen LogP contribution in [-0.4, -0.2) is 21.9 Å². The van der Waals surface area contributed by atoms with Crippen molar-refractivity contribution in [3.63, 3.8) is 0 Å². The highest BCUT2D eigenvalue weighted by atomic mass is 16.1. The van der Waals surface area contributed by atoms with Crippen LogP contribution in [0.5, 0.6) is 0 Å². The summed E-state index contributed by atoms with van der Waals surface area (Å²) in [6, 6.07) is 17.7. The maximum Gasteiger partial charge on any atom is 0.251 e. The number of hydrogen-bond acceptors (Lipinski definition) is 4. The van der Waals surface area contributed by atoms with Crippen molar-refractivity contribution in [3.05, 3.63) is 72.1 Å². The fourth-order valence-corrected chi connectivity index (χ4v) is 2.57. The van der Waals surface area contributed by atoms with Crippen molar-refractivity contribution >= 4 is 17.4 Å². The lowest BCUT2D eigenvalue weighted by molar-refractivity contribution is 0.0939. The van der Waals surface area contributed by atoms with Crippen LogP contribution >= 0.6 is 0 Å². The number of benzene rings is 2. The van der Waals surface area contributed by atoms with Crippen molar-refractivity contribution in [1.29, 1.82) is 0 Å². The summed E-state index contributed by atoms with van der Waals surface area (Å²) in [6.45, 7) is 6.10. The number of nitrogens with zero attached hydrogens (tertiary/aromatic N) is 2. The fraction of sp³-hybridized carbons (Fsp3) is 0.227. The van der Waals surface area contributed by atoms with Gasteiger partial charge >= 0.3 is 0 Å². The average molecular weight is 360 g/mol. The van der Waals surface area contributed by atoms with Gasteiger partial charge in [-0.05, 0) is 44.5 Å². The monoisotopic (exact) mass is 360 g/mol. The predicted molar refractivity (Wildman–Crippen MR) is 109 cm³/mol. The van der Waals surface area contributed by atoms with Gasteiger partial charge in [0.05, 0.1) is 5.69 Å². The number of rotatable bonds is 6. The molecule has 5 nitrogen and oxygen atoms in total. The molecule has 0 spiro atoms. The number of carbonyl (C=O) groups is 1. The Kier molecular flexibility index (Phi) is 5.81. The molecule has 0 bridgehead atoms. The van der Waals surface area contributed by atoms with Crippen LogP contribution in [0.1, 0.15) is 36.2 Å². The molecule has 0 unspecified atom stereocenters. The van der Waals surface area contributed by atoms with Crippen LogP contribution in [0.15, 0.2) is 60.9 Å². The molecule has 1 atom stereocenters. The van der Waals surface area contributed by atoms with Crippen LogP contribution in [-0.2, 0) is 0 Å². The summed E-state index contributed by atoms with van der Waals surface area (Å²) in [5.41, 5.74) is 4.62. The molecule has 0 saturated heterocycles. The number of aromatic nitrogens is 2. The van der Waals surface area contributed by atoms with E-state index in [9.17, 15) is 4.79 Å².